The number of piperazine rings is 1. The normalized spacial score (nSPS) is 18.3. The number of nitrogens with one attached hydrogen (secondary N) is 1. The second-order valence-corrected chi connectivity index (χ2v) is 6.78. The Hall–Kier alpha value is -1.11. The zero-order chi connectivity index (χ0) is 15.7. The van der Waals surface area contributed by atoms with Gasteiger partial charge in [-0.15, -0.1) is 0 Å². The van der Waals surface area contributed by atoms with Crippen molar-refractivity contribution in [3.05, 3.63) is 24.8 Å². The Morgan fingerprint density at radius 3 is 2.62 bits per heavy atom. The van der Waals surface area contributed by atoms with Gasteiger partial charge in [-0.25, -0.2) is 4.79 Å². The molecule has 7 nitrogen and oxygen atoms in total. The lowest BCUT2D eigenvalue weighted by Gasteiger charge is -2.32. The highest BCUT2D eigenvalue weighted by Gasteiger charge is 2.36. The van der Waals surface area contributed by atoms with Crippen molar-refractivity contribution < 1.29 is 24.6 Å². The Kier molecular flexibility index (Phi) is 4.91. The van der Waals surface area contributed by atoms with Crippen LogP contribution in [-0.4, -0.2) is 52.0 Å². The standard InChI is InChI=1S/C12H10I2N2O5/c13-5-1-6(10(18)7(14)2-5)11(19)16-4-9(17)15-3-8(16)12(20)21/h1-2,8,18H,3-4H2,(H,15,17)(H,20,21). The van der Waals surface area contributed by atoms with Crippen LogP contribution in [0.5, 0.6) is 5.75 Å². The SMILES string of the molecule is O=C1CN(C(=O)c2cc(I)cc(I)c2O)C(C(=O)O)CN1. The molecule has 9 heteroatoms. The summed E-state index contributed by atoms with van der Waals surface area (Å²) in [5, 5.41) is 21.6. The summed E-state index contributed by atoms with van der Waals surface area (Å²) in [6.07, 6.45) is 0. The van der Waals surface area contributed by atoms with Crippen molar-refractivity contribution in [3.8, 4) is 5.75 Å². The van der Waals surface area contributed by atoms with Crippen molar-refractivity contribution in [3.63, 3.8) is 0 Å². The third-order valence-corrected chi connectivity index (χ3v) is 4.43. The molecule has 1 heterocycles. The molecule has 21 heavy (non-hydrogen) atoms. The number of carboxylic acids is 1. The minimum Gasteiger partial charge on any atom is -0.506 e. The predicted molar refractivity (Wildman–Crippen MR) is 89.0 cm³/mol. The molecular weight excluding hydrogens is 506 g/mol. The molecule has 0 saturated carbocycles. The first-order chi connectivity index (χ1) is 9.81. The monoisotopic (exact) mass is 516 g/mol. The summed E-state index contributed by atoms with van der Waals surface area (Å²) in [5.41, 5.74) is -0.00718. The van der Waals surface area contributed by atoms with Crippen molar-refractivity contribution in [2.45, 2.75) is 6.04 Å². The molecule has 1 unspecified atom stereocenters. The van der Waals surface area contributed by atoms with Gasteiger partial charge in [0.05, 0.1) is 9.13 Å². The van der Waals surface area contributed by atoms with Gasteiger partial charge in [0.15, 0.2) is 0 Å². The zero-order valence-electron chi connectivity index (χ0n) is 10.5. The Labute approximate surface area is 147 Å². The fourth-order valence-electron chi connectivity index (χ4n) is 1.96. The minimum absolute atomic E-state index is 0.00718. The molecule has 1 aromatic rings. The van der Waals surface area contributed by atoms with Crippen LogP contribution in [0, 0.1) is 7.14 Å². The van der Waals surface area contributed by atoms with E-state index in [1.165, 1.54) is 6.07 Å². The number of carboxylic acid groups (broad SMARTS) is 1. The lowest BCUT2D eigenvalue weighted by atomic mass is 10.1. The number of carbonyl (C=O) groups excluding carboxylic acids is 2. The second-order valence-electron chi connectivity index (χ2n) is 4.37. The number of amides is 2. The van der Waals surface area contributed by atoms with Crippen LogP contribution in [0.3, 0.4) is 0 Å². The van der Waals surface area contributed by atoms with E-state index < -0.39 is 23.8 Å². The minimum atomic E-state index is -1.21. The van der Waals surface area contributed by atoms with E-state index in [-0.39, 0.29) is 24.4 Å². The largest absolute Gasteiger partial charge is 0.506 e. The van der Waals surface area contributed by atoms with E-state index in [4.69, 9.17) is 5.11 Å². The van der Waals surface area contributed by atoms with E-state index >= 15 is 0 Å². The molecule has 0 bridgehead atoms. The number of hydrogen-bond donors (Lipinski definition) is 3. The third-order valence-electron chi connectivity index (χ3n) is 2.99. The van der Waals surface area contributed by atoms with Crippen LogP contribution in [0.25, 0.3) is 0 Å². The third kappa shape index (κ3) is 3.39. The summed E-state index contributed by atoms with van der Waals surface area (Å²) in [5.74, 6) is -2.52. The highest BCUT2D eigenvalue weighted by atomic mass is 127. The van der Waals surface area contributed by atoms with Gasteiger partial charge in [-0.1, -0.05) is 0 Å². The lowest BCUT2D eigenvalue weighted by Crippen LogP contribution is -2.59. The van der Waals surface area contributed by atoms with Gasteiger partial charge in [0.2, 0.25) is 5.91 Å². The molecule has 0 aliphatic carbocycles. The predicted octanol–water partition coefficient (Wildman–Crippen LogP) is 0.627. The first kappa shape index (κ1) is 16.3. The summed E-state index contributed by atoms with van der Waals surface area (Å²) < 4.78 is 1.21. The number of aromatic hydroxyl groups is 1. The molecule has 0 spiro atoms. The molecule has 2 rings (SSSR count). The molecule has 3 N–H and O–H groups in total. The van der Waals surface area contributed by atoms with Gasteiger partial charge in [-0.3, -0.25) is 9.59 Å². The van der Waals surface area contributed by atoms with Crippen LogP contribution < -0.4 is 5.32 Å². The summed E-state index contributed by atoms with van der Waals surface area (Å²) in [6.45, 7) is -0.501. The number of rotatable bonds is 2. The quantitative estimate of drug-likeness (QED) is 0.501. The molecule has 1 aromatic carbocycles. The van der Waals surface area contributed by atoms with E-state index in [9.17, 15) is 19.5 Å². The smallest absolute Gasteiger partial charge is 0.328 e. The van der Waals surface area contributed by atoms with Crippen molar-refractivity contribution >= 4 is 63.0 Å². The summed E-state index contributed by atoms with van der Waals surface area (Å²) in [4.78, 5) is 36.1. The lowest BCUT2D eigenvalue weighted by molar-refractivity contribution is -0.144. The van der Waals surface area contributed by atoms with E-state index in [0.717, 1.165) is 8.47 Å². The Bertz CT molecular complexity index is 634. The number of benzene rings is 1. The van der Waals surface area contributed by atoms with Crippen LogP contribution in [-0.2, 0) is 9.59 Å². The Morgan fingerprint density at radius 2 is 2.00 bits per heavy atom. The van der Waals surface area contributed by atoms with Crippen LogP contribution in [0.1, 0.15) is 10.4 Å². The highest BCUT2D eigenvalue weighted by molar-refractivity contribution is 14.1. The van der Waals surface area contributed by atoms with E-state index in [0.29, 0.717) is 3.57 Å². The molecule has 1 atom stereocenters. The molecular formula is C12H10I2N2O5. The van der Waals surface area contributed by atoms with E-state index in [2.05, 4.69) is 5.32 Å². The van der Waals surface area contributed by atoms with Crippen LogP contribution in [0.4, 0.5) is 0 Å². The fourth-order valence-corrected chi connectivity index (χ4v) is 3.80. The maximum absolute atomic E-state index is 12.5. The first-order valence-corrected chi connectivity index (χ1v) is 7.95. The molecule has 0 aromatic heterocycles. The summed E-state index contributed by atoms with van der Waals surface area (Å²) in [6, 6.07) is 2.00. The van der Waals surface area contributed by atoms with Crippen LogP contribution >= 0.6 is 45.2 Å². The van der Waals surface area contributed by atoms with E-state index in [1.807, 2.05) is 45.2 Å². The number of nitrogens with zero attached hydrogens (tertiary/aromatic N) is 1. The molecule has 112 valence electrons. The topological polar surface area (TPSA) is 107 Å². The van der Waals surface area contributed by atoms with Crippen molar-refractivity contribution in [1.82, 2.24) is 10.2 Å². The Balaban J connectivity index is 2.41. The van der Waals surface area contributed by atoms with Crippen molar-refractivity contribution in [1.29, 1.82) is 0 Å². The van der Waals surface area contributed by atoms with Crippen molar-refractivity contribution in [2.24, 2.45) is 0 Å². The maximum Gasteiger partial charge on any atom is 0.328 e. The number of phenols is 1. The molecule has 1 aliphatic rings. The van der Waals surface area contributed by atoms with E-state index in [1.54, 1.807) is 6.07 Å². The van der Waals surface area contributed by atoms with Crippen LogP contribution in [0.15, 0.2) is 12.1 Å². The summed E-state index contributed by atoms with van der Waals surface area (Å²) >= 11 is 3.87. The van der Waals surface area contributed by atoms with Gasteiger partial charge in [0.1, 0.15) is 18.3 Å². The zero-order valence-corrected chi connectivity index (χ0v) is 14.8. The summed E-state index contributed by atoms with van der Waals surface area (Å²) in [7, 11) is 0. The molecule has 0 radical (unpaired) electrons. The maximum atomic E-state index is 12.5. The average Bonchev–Trinajstić information content (AvgIpc) is 2.41. The first-order valence-electron chi connectivity index (χ1n) is 5.79. The van der Waals surface area contributed by atoms with Gasteiger partial charge in [0, 0.05) is 10.1 Å². The van der Waals surface area contributed by atoms with Gasteiger partial charge in [-0.05, 0) is 57.3 Å². The number of hydrogen-bond acceptors (Lipinski definition) is 4. The number of phenolic OH excluding ortho intramolecular Hbond substituents is 1. The van der Waals surface area contributed by atoms with Crippen LogP contribution in [0.2, 0.25) is 0 Å². The highest BCUT2D eigenvalue weighted by Crippen LogP contribution is 2.28. The second kappa shape index (κ2) is 6.34. The molecule has 1 fully saturated rings. The molecule has 2 amide bonds. The van der Waals surface area contributed by atoms with Gasteiger partial charge in [0.25, 0.3) is 5.91 Å². The van der Waals surface area contributed by atoms with Gasteiger partial charge < -0.3 is 20.4 Å². The number of halogens is 2. The van der Waals surface area contributed by atoms with Gasteiger partial charge in [-0.2, -0.15) is 0 Å². The van der Waals surface area contributed by atoms with Gasteiger partial charge >= 0.3 is 5.97 Å². The number of carbonyl (C=O) groups is 3. The average molecular weight is 516 g/mol. The Morgan fingerprint density at radius 1 is 1.33 bits per heavy atom. The fraction of sp³-hybridized carbons (Fsp3) is 0.250. The van der Waals surface area contributed by atoms with Crippen molar-refractivity contribution in [2.75, 3.05) is 13.1 Å². The number of aliphatic carboxylic acids is 1. The molecule has 1 saturated heterocycles. The molecule has 1 aliphatic heterocycles.